The molecule has 0 aliphatic carbocycles. The number of hydrogen-bond donors (Lipinski definition) is 3. The van der Waals surface area contributed by atoms with Crippen LogP contribution in [0.5, 0.6) is 0 Å². The number of H-pyrrole nitrogens is 1. The number of nitrogens with one attached hydrogen (secondary N) is 3. The van der Waals surface area contributed by atoms with Crippen molar-refractivity contribution < 1.29 is 32.3 Å². The van der Waals surface area contributed by atoms with E-state index in [9.17, 15) is 32.3 Å². The van der Waals surface area contributed by atoms with Gasteiger partial charge in [0.05, 0.1) is 12.1 Å². The number of fused-ring (bicyclic) bond motifs is 1. The summed E-state index contributed by atoms with van der Waals surface area (Å²) in [5, 5.41) is 5.74. The van der Waals surface area contributed by atoms with Gasteiger partial charge in [0, 0.05) is 23.6 Å². The minimum absolute atomic E-state index is 0.0423. The van der Waals surface area contributed by atoms with Crippen LogP contribution in [0.15, 0.2) is 54.7 Å². The Kier molecular flexibility index (Phi) is 7.33. The molecule has 3 aromatic rings. The molecule has 37 heavy (non-hydrogen) atoms. The molecule has 2 atom stereocenters. The third-order valence-corrected chi connectivity index (χ3v) is 6.32. The standard InChI is InChI=1S/C26H25F3N4O4/c1-15-25(37)33(14-23(35)32-15)13-22(34)19(10-17-12-30-21-9-5-3-7-18(17)21)24(36)31-11-16-6-2-4-8-20(16)26(27,28)29/h2-9,12,15,19,30H,10-11,13-14H2,1H3,(H,31,36)(H,32,35). The Bertz CT molecular complexity index is 1350. The van der Waals surface area contributed by atoms with Gasteiger partial charge in [-0.1, -0.05) is 36.4 Å². The first kappa shape index (κ1) is 25.9. The van der Waals surface area contributed by atoms with Crippen molar-refractivity contribution in [2.45, 2.75) is 32.1 Å². The lowest BCUT2D eigenvalue weighted by Crippen LogP contribution is -2.58. The highest BCUT2D eigenvalue weighted by atomic mass is 19.4. The monoisotopic (exact) mass is 514 g/mol. The minimum atomic E-state index is -4.60. The molecule has 2 unspecified atom stereocenters. The van der Waals surface area contributed by atoms with Gasteiger partial charge in [-0.3, -0.25) is 19.2 Å². The van der Waals surface area contributed by atoms with Gasteiger partial charge < -0.3 is 20.5 Å². The van der Waals surface area contributed by atoms with E-state index in [1.165, 1.54) is 25.1 Å². The van der Waals surface area contributed by atoms with E-state index in [1.807, 2.05) is 18.2 Å². The van der Waals surface area contributed by atoms with E-state index in [0.29, 0.717) is 5.56 Å². The predicted molar refractivity (Wildman–Crippen MR) is 128 cm³/mol. The number of rotatable bonds is 8. The van der Waals surface area contributed by atoms with Gasteiger partial charge in [-0.05, 0) is 36.6 Å². The lowest BCUT2D eigenvalue weighted by molar-refractivity contribution is -0.147. The van der Waals surface area contributed by atoms with Gasteiger partial charge in [-0.2, -0.15) is 13.2 Å². The van der Waals surface area contributed by atoms with Gasteiger partial charge in [-0.25, -0.2) is 0 Å². The van der Waals surface area contributed by atoms with Crippen LogP contribution in [0, 0.1) is 5.92 Å². The molecule has 4 rings (SSSR count). The molecule has 1 fully saturated rings. The lowest BCUT2D eigenvalue weighted by Gasteiger charge is -2.31. The first-order valence-electron chi connectivity index (χ1n) is 11.6. The van der Waals surface area contributed by atoms with Crippen molar-refractivity contribution in [1.82, 2.24) is 20.5 Å². The largest absolute Gasteiger partial charge is 0.416 e. The molecular weight excluding hydrogens is 489 g/mol. The molecule has 1 aromatic heterocycles. The van der Waals surface area contributed by atoms with E-state index in [1.54, 1.807) is 12.3 Å². The summed E-state index contributed by atoms with van der Waals surface area (Å²) in [5.74, 6) is -3.58. The highest BCUT2D eigenvalue weighted by Crippen LogP contribution is 2.32. The molecule has 11 heteroatoms. The third kappa shape index (κ3) is 5.82. The zero-order chi connectivity index (χ0) is 26.7. The summed E-state index contributed by atoms with van der Waals surface area (Å²) in [5.41, 5.74) is 0.433. The van der Waals surface area contributed by atoms with E-state index in [4.69, 9.17) is 0 Å². The number of carbonyl (C=O) groups is 4. The molecule has 0 spiro atoms. The van der Waals surface area contributed by atoms with Crippen molar-refractivity contribution in [3.63, 3.8) is 0 Å². The number of alkyl halides is 3. The summed E-state index contributed by atoms with van der Waals surface area (Å²) in [4.78, 5) is 55.1. The van der Waals surface area contributed by atoms with Gasteiger partial charge in [0.1, 0.15) is 18.5 Å². The number of benzene rings is 2. The fourth-order valence-electron chi connectivity index (χ4n) is 4.44. The number of carbonyl (C=O) groups excluding carboxylic acids is 4. The highest BCUT2D eigenvalue weighted by Gasteiger charge is 2.36. The van der Waals surface area contributed by atoms with Gasteiger partial charge in [0.25, 0.3) is 0 Å². The van der Waals surface area contributed by atoms with Crippen molar-refractivity contribution in [3.8, 4) is 0 Å². The van der Waals surface area contributed by atoms with Crippen LogP contribution in [0.25, 0.3) is 10.9 Å². The fraction of sp³-hybridized carbons (Fsp3) is 0.308. The molecule has 8 nitrogen and oxygen atoms in total. The van der Waals surface area contributed by atoms with Crippen molar-refractivity contribution >= 4 is 34.4 Å². The minimum Gasteiger partial charge on any atom is -0.361 e. The maximum atomic E-state index is 13.4. The summed E-state index contributed by atoms with van der Waals surface area (Å²) in [6.45, 7) is 0.255. The number of aromatic nitrogens is 1. The second kappa shape index (κ2) is 10.5. The molecule has 2 aromatic carbocycles. The highest BCUT2D eigenvalue weighted by molar-refractivity contribution is 6.05. The zero-order valence-corrected chi connectivity index (χ0v) is 19.9. The first-order chi connectivity index (χ1) is 17.5. The summed E-state index contributed by atoms with van der Waals surface area (Å²) in [6.07, 6.45) is -2.98. The number of aromatic amines is 1. The van der Waals surface area contributed by atoms with Crippen LogP contribution in [0.2, 0.25) is 0 Å². The number of piperazine rings is 1. The number of Topliss-reactive ketones (excluding diaryl/α,β-unsaturated/α-hetero) is 1. The average Bonchev–Trinajstić information content (AvgIpc) is 3.26. The van der Waals surface area contributed by atoms with Crippen LogP contribution in [-0.4, -0.2) is 52.5 Å². The predicted octanol–water partition coefficient (Wildman–Crippen LogP) is 2.58. The van der Waals surface area contributed by atoms with Crippen LogP contribution in [0.4, 0.5) is 13.2 Å². The summed E-state index contributed by atoms with van der Waals surface area (Å²) in [6, 6.07) is 11.3. The molecule has 3 N–H and O–H groups in total. The molecule has 1 saturated heterocycles. The Morgan fingerprint density at radius 3 is 2.54 bits per heavy atom. The number of hydrogen-bond acceptors (Lipinski definition) is 4. The lowest BCUT2D eigenvalue weighted by atomic mass is 9.93. The molecule has 2 heterocycles. The first-order valence-corrected chi connectivity index (χ1v) is 11.6. The molecule has 0 saturated carbocycles. The second-order valence-corrected chi connectivity index (χ2v) is 8.94. The van der Waals surface area contributed by atoms with E-state index in [2.05, 4.69) is 15.6 Å². The molecule has 3 amide bonds. The number of ketones is 1. The SMILES string of the molecule is CC1NC(=O)CN(CC(=O)C(Cc2c[nH]c3ccccc23)C(=O)NCc2ccccc2C(F)(F)F)C1=O. The smallest absolute Gasteiger partial charge is 0.361 e. The van der Waals surface area contributed by atoms with Crippen LogP contribution < -0.4 is 10.6 Å². The summed E-state index contributed by atoms with van der Waals surface area (Å²) in [7, 11) is 0. The maximum absolute atomic E-state index is 13.4. The van der Waals surface area contributed by atoms with E-state index in [-0.39, 0.29) is 18.5 Å². The Hall–Kier alpha value is -4.15. The summed E-state index contributed by atoms with van der Waals surface area (Å²) < 4.78 is 40.1. The topological polar surface area (TPSA) is 111 Å². The molecule has 1 aliphatic rings. The second-order valence-electron chi connectivity index (χ2n) is 8.94. The average molecular weight is 515 g/mol. The van der Waals surface area contributed by atoms with Crippen molar-refractivity contribution in [1.29, 1.82) is 0 Å². The number of nitrogens with zero attached hydrogens (tertiary/aromatic N) is 1. The van der Waals surface area contributed by atoms with Gasteiger partial charge in [-0.15, -0.1) is 0 Å². The number of amides is 3. The van der Waals surface area contributed by atoms with Crippen molar-refractivity contribution in [3.05, 3.63) is 71.4 Å². The molecule has 1 aliphatic heterocycles. The third-order valence-electron chi connectivity index (χ3n) is 6.32. The zero-order valence-electron chi connectivity index (χ0n) is 19.9. The van der Waals surface area contributed by atoms with Crippen molar-refractivity contribution in [2.24, 2.45) is 5.92 Å². The van der Waals surface area contributed by atoms with E-state index >= 15 is 0 Å². The van der Waals surface area contributed by atoms with Crippen molar-refractivity contribution in [2.75, 3.05) is 13.1 Å². The number of para-hydroxylation sites is 1. The Morgan fingerprint density at radius 1 is 1.08 bits per heavy atom. The Morgan fingerprint density at radius 2 is 1.78 bits per heavy atom. The Balaban J connectivity index is 1.57. The Labute approximate surface area is 210 Å². The quantitative estimate of drug-likeness (QED) is 0.401. The van der Waals surface area contributed by atoms with E-state index < -0.39 is 60.3 Å². The normalized spacial score (nSPS) is 17.0. The molecular formula is C26H25F3N4O4. The maximum Gasteiger partial charge on any atom is 0.416 e. The number of halogens is 3. The van der Waals surface area contributed by atoms with Crippen LogP contribution in [-0.2, 0) is 38.3 Å². The molecule has 0 bridgehead atoms. The van der Waals surface area contributed by atoms with Gasteiger partial charge >= 0.3 is 6.18 Å². The van der Waals surface area contributed by atoms with Crippen LogP contribution in [0.1, 0.15) is 23.6 Å². The van der Waals surface area contributed by atoms with Gasteiger partial charge in [0.2, 0.25) is 17.7 Å². The fourth-order valence-corrected chi connectivity index (χ4v) is 4.44. The molecule has 194 valence electrons. The van der Waals surface area contributed by atoms with Gasteiger partial charge in [0.15, 0.2) is 5.78 Å². The molecule has 0 radical (unpaired) electrons. The van der Waals surface area contributed by atoms with E-state index in [0.717, 1.165) is 21.9 Å². The summed E-state index contributed by atoms with van der Waals surface area (Å²) >= 11 is 0. The van der Waals surface area contributed by atoms with Crippen LogP contribution in [0.3, 0.4) is 0 Å². The van der Waals surface area contributed by atoms with Crippen LogP contribution >= 0.6 is 0 Å².